The van der Waals surface area contributed by atoms with Crippen molar-refractivity contribution in [3.05, 3.63) is 61.8 Å². The Kier molecular flexibility index (Phi) is 5.80. The van der Waals surface area contributed by atoms with Crippen LogP contribution in [0.15, 0.2) is 41.8 Å². The second-order valence-corrected chi connectivity index (χ2v) is 6.03. The van der Waals surface area contributed by atoms with Crippen molar-refractivity contribution in [2.24, 2.45) is 0 Å². The Hall–Kier alpha value is -2.29. The molecule has 0 spiro atoms. The minimum atomic E-state index is -0.588. The third kappa shape index (κ3) is 5.13. The average molecular weight is 368 g/mol. The van der Waals surface area contributed by atoms with E-state index in [-0.39, 0.29) is 21.5 Å². The fourth-order valence-corrected chi connectivity index (χ4v) is 2.61. The van der Waals surface area contributed by atoms with Crippen LogP contribution in [0.25, 0.3) is 6.08 Å². The first kappa shape index (κ1) is 17.1. The molecule has 2 N–H and O–H groups in total. The van der Waals surface area contributed by atoms with Gasteiger partial charge >= 0.3 is 0 Å². The number of nitro groups is 1. The molecule has 0 unspecified atom stereocenters. The Bertz CT molecular complexity index is 776. The maximum atomic E-state index is 11.7. The number of carbonyl (C=O) groups excluding carboxylic acids is 1. The van der Waals surface area contributed by atoms with E-state index in [1.165, 1.54) is 35.6 Å². The van der Waals surface area contributed by atoms with Gasteiger partial charge in [0.25, 0.3) is 5.69 Å². The zero-order chi connectivity index (χ0) is 16.8. The average Bonchev–Trinajstić information content (AvgIpc) is 3.00. The number of anilines is 1. The summed E-state index contributed by atoms with van der Waals surface area (Å²) in [6, 6.07) is 7.83. The molecule has 2 aromatic rings. The van der Waals surface area contributed by atoms with Crippen LogP contribution in [-0.2, 0) is 4.79 Å². The minimum absolute atomic E-state index is 0.0451. The van der Waals surface area contributed by atoms with Gasteiger partial charge in [-0.1, -0.05) is 17.7 Å². The Morgan fingerprint density at radius 2 is 2.17 bits per heavy atom. The second-order valence-electron chi connectivity index (χ2n) is 4.21. The van der Waals surface area contributed by atoms with Crippen LogP contribution in [-0.4, -0.2) is 15.9 Å². The van der Waals surface area contributed by atoms with Gasteiger partial charge in [0.15, 0.2) is 5.11 Å². The standard InChI is InChI=1S/C14H10ClN3O3S2/c15-9-3-5-11(12(8-9)18(20)21)16-14(22)17-13(19)6-4-10-2-1-7-23-10/h1-8H,(H2,16,17,19,22)/b6-4+. The van der Waals surface area contributed by atoms with Crippen molar-refractivity contribution in [2.45, 2.75) is 0 Å². The molecule has 118 valence electrons. The van der Waals surface area contributed by atoms with Gasteiger partial charge in [-0.25, -0.2) is 0 Å². The van der Waals surface area contributed by atoms with E-state index < -0.39 is 10.8 Å². The van der Waals surface area contributed by atoms with Gasteiger partial charge in [0.1, 0.15) is 5.69 Å². The summed E-state index contributed by atoms with van der Waals surface area (Å²) >= 11 is 12.2. The van der Waals surface area contributed by atoms with Crippen LogP contribution in [0, 0.1) is 10.1 Å². The fourth-order valence-electron chi connectivity index (χ4n) is 1.61. The van der Waals surface area contributed by atoms with Gasteiger partial charge in [-0.2, -0.15) is 0 Å². The maximum Gasteiger partial charge on any atom is 0.294 e. The second kappa shape index (κ2) is 7.82. The Morgan fingerprint density at radius 1 is 1.39 bits per heavy atom. The van der Waals surface area contributed by atoms with Crippen molar-refractivity contribution in [3.63, 3.8) is 0 Å². The number of thiocarbonyl (C=S) groups is 1. The van der Waals surface area contributed by atoms with Crippen molar-refractivity contribution in [1.29, 1.82) is 0 Å². The van der Waals surface area contributed by atoms with Gasteiger partial charge in [0, 0.05) is 22.0 Å². The highest BCUT2D eigenvalue weighted by atomic mass is 35.5. The number of nitro benzene ring substituents is 1. The van der Waals surface area contributed by atoms with Crippen molar-refractivity contribution < 1.29 is 9.72 Å². The highest BCUT2D eigenvalue weighted by molar-refractivity contribution is 7.80. The molecule has 0 radical (unpaired) electrons. The first-order valence-electron chi connectivity index (χ1n) is 6.23. The van der Waals surface area contributed by atoms with Crippen molar-refractivity contribution in [2.75, 3.05) is 5.32 Å². The zero-order valence-corrected chi connectivity index (χ0v) is 13.9. The van der Waals surface area contributed by atoms with E-state index in [4.69, 9.17) is 23.8 Å². The Labute approximate surface area is 145 Å². The van der Waals surface area contributed by atoms with Crippen LogP contribution < -0.4 is 10.6 Å². The van der Waals surface area contributed by atoms with E-state index in [2.05, 4.69) is 10.6 Å². The van der Waals surface area contributed by atoms with Crippen LogP contribution in [0.4, 0.5) is 11.4 Å². The molecule has 0 bridgehead atoms. The highest BCUT2D eigenvalue weighted by Crippen LogP contribution is 2.27. The monoisotopic (exact) mass is 367 g/mol. The number of rotatable bonds is 4. The number of hydrogen-bond donors (Lipinski definition) is 2. The molecule has 2 rings (SSSR count). The molecule has 1 amide bonds. The fraction of sp³-hybridized carbons (Fsp3) is 0. The number of hydrogen-bond acceptors (Lipinski definition) is 5. The predicted molar refractivity (Wildman–Crippen MR) is 95.8 cm³/mol. The van der Waals surface area contributed by atoms with Crippen molar-refractivity contribution in [1.82, 2.24) is 5.32 Å². The molecular formula is C14H10ClN3O3S2. The molecule has 0 atom stereocenters. The summed E-state index contributed by atoms with van der Waals surface area (Å²) in [5.41, 5.74) is -0.0878. The third-order valence-corrected chi connectivity index (χ3v) is 3.86. The lowest BCUT2D eigenvalue weighted by Gasteiger charge is -2.08. The van der Waals surface area contributed by atoms with Gasteiger partial charge in [-0.15, -0.1) is 11.3 Å². The molecule has 0 aliphatic carbocycles. The summed E-state index contributed by atoms with van der Waals surface area (Å²) in [5, 5.41) is 18.1. The molecule has 1 aromatic carbocycles. The minimum Gasteiger partial charge on any atom is -0.327 e. The van der Waals surface area contributed by atoms with Crippen molar-refractivity contribution in [3.8, 4) is 0 Å². The third-order valence-electron chi connectivity index (χ3n) is 2.58. The summed E-state index contributed by atoms with van der Waals surface area (Å²) in [4.78, 5) is 23.0. The molecule has 0 aliphatic rings. The highest BCUT2D eigenvalue weighted by Gasteiger charge is 2.15. The van der Waals surface area contributed by atoms with E-state index in [0.29, 0.717) is 0 Å². The molecule has 0 aliphatic heterocycles. The molecule has 6 nitrogen and oxygen atoms in total. The maximum absolute atomic E-state index is 11.7. The van der Waals surface area contributed by atoms with Gasteiger partial charge in [-0.3, -0.25) is 20.2 Å². The molecule has 1 aromatic heterocycles. The summed E-state index contributed by atoms with van der Waals surface area (Å²) in [7, 11) is 0. The number of nitrogens with one attached hydrogen (secondary N) is 2. The van der Waals surface area contributed by atoms with Crippen LogP contribution in [0.1, 0.15) is 4.88 Å². The number of amides is 1. The van der Waals surface area contributed by atoms with Gasteiger partial charge in [0.05, 0.1) is 4.92 Å². The zero-order valence-electron chi connectivity index (χ0n) is 11.5. The van der Waals surface area contributed by atoms with E-state index in [1.54, 1.807) is 6.08 Å². The first-order chi connectivity index (χ1) is 11.0. The lowest BCUT2D eigenvalue weighted by Crippen LogP contribution is -2.33. The van der Waals surface area contributed by atoms with Crippen LogP contribution >= 0.6 is 35.2 Å². The molecule has 23 heavy (non-hydrogen) atoms. The van der Waals surface area contributed by atoms with Gasteiger partial charge in [-0.05, 0) is 41.9 Å². The number of benzene rings is 1. The molecule has 0 fully saturated rings. The smallest absolute Gasteiger partial charge is 0.294 e. The van der Waals surface area contributed by atoms with Gasteiger partial charge in [0.2, 0.25) is 5.91 Å². The number of thiophene rings is 1. The summed E-state index contributed by atoms with van der Waals surface area (Å²) in [6.45, 7) is 0. The predicted octanol–water partition coefficient (Wildman–Crippen LogP) is 3.84. The number of nitrogens with zero attached hydrogens (tertiary/aromatic N) is 1. The van der Waals surface area contributed by atoms with Crippen molar-refractivity contribution >= 4 is 63.6 Å². The molecule has 1 heterocycles. The SMILES string of the molecule is O=C(/C=C/c1cccs1)NC(=S)Nc1ccc(Cl)cc1[N+](=O)[O-]. The van der Waals surface area contributed by atoms with Crippen LogP contribution in [0.2, 0.25) is 5.02 Å². The Balaban J connectivity index is 2.00. The van der Waals surface area contributed by atoms with Crippen LogP contribution in [0.5, 0.6) is 0 Å². The summed E-state index contributed by atoms with van der Waals surface area (Å²) < 4.78 is 0. The van der Waals surface area contributed by atoms with Gasteiger partial charge < -0.3 is 5.32 Å². The van der Waals surface area contributed by atoms with E-state index in [9.17, 15) is 14.9 Å². The topological polar surface area (TPSA) is 84.3 Å². The van der Waals surface area contributed by atoms with E-state index in [0.717, 1.165) is 4.88 Å². The quantitative estimate of drug-likeness (QED) is 0.371. The van der Waals surface area contributed by atoms with E-state index >= 15 is 0 Å². The lowest BCUT2D eigenvalue weighted by atomic mass is 10.2. The molecule has 9 heteroatoms. The van der Waals surface area contributed by atoms with E-state index in [1.807, 2.05) is 17.5 Å². The van der Waals surface area contributed by atoms with Crippen LogP contribution in [0.3, 0.4) is 0 Å². The number of carbonyl (C=O) groups is 1. The molecule has 0 saturated carbocycles. The first-order valence-corrected chi connectivity index (χ1v) is 7.90. The normalized spacial score (nSPS) is 10.5. The summed E-state index contributed by atoms with van der Waals surface area (Å²) in [6.07, 6.45) is 2.98. The molecular weight excluding hydrogens is 358 g/mol. The number of halogens is 1. The molecule has 0 saturated heterocycles. The largest absolute Gasteiger partial charge is 0.327 e. The summed E-state index contributed by atoms with van der Waals surface area (Å²) in [5.74, 6) is -0.437. The lowest BCUT2D eigenvalue weighted by molar-refractivity contribution is -0.383. The Morgan fingerprint density at radius 3 is 2.83 bits per heavy atom.